The Hall–Kier alpha value is -3.03. The maximum absolute atomic E-state index is 13.1. The first-order chi connectivity index (χ1) is 13.8. The van der Waals surface area contributed by atoms with Gasteiger partial charge in [-0.25, -0.2) is 8.42 Å². The van der Waals surface area contributed by atoms with Crippen molar-refractivity contribution in [3.05, 3.63) is 82.9 Å². The minimum absolute atomic E-state index is 0.0579. The van der Waals surface area contributed by atoms with Crippen LogP contribution in [0.5, 0.6) is 17.2 Å². The van der Waals surface area contributed by atoms with Crippen molar-refractivity contribution in [2.24, 2.45) is 0 Å². The van der Waals surface area contributed by atoms with Crippen molar-refractivity contribution in [1.29, 1.82) is 0 Å². The maximum Gasteiger partial charge on any atom is 0.241 e. The highest BCUT2D eigenvalue weighted by Gasteiger charge is 2.28. The third-order valence-corrected chi connectivity index (χ3v) is 6.38. The van der Waals surface area contributed by atoms with Crippen LogP contribution in [0.25, 0.3) is 0 Å². The Morgan fingerprint density at radius 3 is 2.28 bits per heavy atom. The number of phenolic OH excluding ortho intramolecular Hbond substituents is 1. The predicted octanol–water partition coefficient (Wildman–Crippen LogP) is 3.81. The van der Waals surface area contributed by atoms with Gasteiger partial charge in [-0.3, -0.25) is 0 Å². The van der Waals surface area contributed by atoms with E-state index in [-0.39, 0.29) is 17.4 Å². The smallest absolute Gasteiger partial charge is 0.241 e. The number of fused-ring (bicyclic) bond motifs is 1. The van der Waals surface area contributed by atoms with E-state index in [2.05, 4.69) is 4.72 Å². The van der Waals surface area contributed by atoms with Gasteiger partial charge in [0.25, 0.3) is 0 Å². The quantitative estimate of drug-likeness (QED) is 0.667. The van der Waals surface area contributed by atoms with E-state index in [4.69, 9.17) is 9.47 Å². The van der Waals surface area contributed by atoms with Crippen LogP contribution in [0.15, 0.2) is 65.6 Å². The van der Waals surface area contributed by atoms with Gasteiger partial charge in [0.05, 0.1) is 10.9 Å². The van der Waals surface area contributed by atoms with Crippen LogP contribution in [0.4, 0.5) is 0 Å². The molecule has 29 heavy (non-hydrogen) atoms. The zero-order valence-electron chi connectivity index (χ0n) is 16.0. The SMILES string of the molecule is Cc1ccc(S(=O)(=O)NC(c2ccccc2C)c2cc3c(cc2O)OCO3)cc1. The number of hydrogen-bond acceptors (Lipinski definition) is 5. The summed E-state index contributed by atoms with van der Waals surface area (Å²) in [5, 5.41) is 10.6. The zero-order valence-corrected chi connectivity index (χ0v) is 16.9. The third-order valence-electron chi connectivity index (χ3n) is 4.94. The number of aromatic hydroxyl groups is 1. The molecule has 1 unspecified atom stereocenters. The van der Waals surface area contributed by atoms with Gasteiger partial charge in [0.1, 0.15) is 5.75 Å². The molecular weight excluding hydrogens is 390 g/mol. The summed E-state index contributed by atoms with van der Waals surface area (Å²) >= 11 is 0. The second-order valence-corrected chi connectivity index (χ2v) is 8.70. The molecule has 2 N–H and O–H groups in total. The Balaban J connectivity index is 1.82. The van der Waals surface area contributed by atoms with Crippen molar-refractivity contribution in [1.82, 2.24) is 4.72 Å². The van der Waals surface area contributed by atoms with Crippen LogP contribution in [0.3, 0.4) is 0 Å². The van der Waals surface area contributed by atoms with Crippen molar-refractivity contribution >= 4 is 10.0 Å². The highest BCUT2D eigenvalue weighted by atomic mass is 32.2. The second kappa shape index (κ2) is 7.42. The van der Waals surface area contributed by atoms with Crippen LogP contribution in [0.2, 0.25) is 0 Å². The Morgan fingerprint density at radius 2 is 1.59 bits per heavy atom. The molecule has 1 aliphatic heterocycles. The summed E-state index contributed by atoms with van der Waals surface area (Å²) in [6, 6.07) is 16.3. The van der Waals surface area contributed by atoms with E-state index in [1.165, 1.54) is 6.07 Å². The summed E-state index contributed by atoms with van der Waals surface area (Å²) in [6.45, 7) is 3.85. The topological polar surface area (TPSA) is 84.9 Å². The molecular formula is C22H21NO5S. The minimum Gasteiger partial charge on any atom is -0.507 e. The van der Waals surface area contributed by atoms with Gasteiger partial charge in [0.15, 0.2) is 11.5 Å². The molecule has 0 bridgehead atoms. The summed E-state index contributed by atoms with van der Waals surface area (Å²) in [7, 11) is -3.85. The average Bonchev–Trinajstić information content (AvgIpc) is 3.14. The number of hydrogen-bond donors (Lipinski definition) is 2. The summed E-state index contributed by atoms with van der Waals surface area (Å²) < 4.78 is 39.7. The summed E-state index contributed by atoms with van der Waals surface area (Å²) in [5.74, 6) is 0.816. The number of aryl methyl sites for hydroxylation is 2. The number of benzene rings is 3. The van der Waals surface area contributed by atoms with Crippen LogP contribution < -0.4 is 14.2 Å². The first kappa shape index (κ1) is 19.3. The highest BCUT2D eigenvalue weighted by molar-refractivity contribution is 7.89. The van der Waals surface area contributed by atoms with E-state index in [1.807, 2.05) is 38.1 Å². The first-order valence-electron chi connectivity index (χ1n) is 9.12. The standard InChI is InChI=1S/C22H21NO5S/c1-14-7-9-16(10-8-14)29(25,26)23-22(17-6-4-3-5-15(17)2)18-11-20-21(12-19(18)24)28-13-27-20/h3-12,22-24H,13H2,1-2H3. The first-order valence-corrected chi connectivity index (χ1v) is 10.6. The summed E-state index contributed by atoms with van der Waals surface area (Å²) in [4.78, 5) is 0.155. The fourth-order valence-electron chi connectivity index (χ4n) is 3.32. The fourth-order valence-corrected chi connectivity index (χ4v) is 4.52. The van der Waals surface area contributed by atoms with Gasteiger partial charge in [-0.05, 0) is 43.2 Å². The summed E-state index contributed by atoms with van der Waals surface area (Å²) in [6.07, 6.45) is 0. The largest absolute Gasteiger partial charge is 0.507 e. The summed E-state index contributed by atoms with van der Waals surface area (Å²) in [5.41, 5.74) is 2.98. The Bertz CT molecular complexity index is 1160. The van der Waals surface area contributed by atoms with E-state index in [9.17, 15) is 13.5 Å². The van der Waals surface area contributed by atoms with Gasteiger partial charge in [-0.2, -0.15) is 4.72 Å². The number of rotatable bonds is 5. The lowest BCUT2D eigenvalue weighted by molar-refractivity contribution is 0.174. The molecule has 0 aromatic heterocycles. The van der Waals surface area contributed by atoms with Crippen LogP contribution in [0, 0.1) is 13.8 Å². The second-order valence-electron chi connectivity index (χ2n) is 6.99. The monoisotopic (exact) mass is 411 g/mol. The molecule has 1 heterocycles. The average molecular weight is 411 g/mol. The van der Waals surface area contributed by atoms with Gasteiger partial charge in [-0.1, -0.05) is 42.0 Å². The fraction of sp³-hybridized carbons (Fsp3) is 0.182. The molecule has 0 aliphatic carbocycles. The van der Waals surface area contributed by atoms with Gasteiger partial charge in [-0.15, -0.1) is 0 Å². The van der Waals surface area contributed by atoms with Crippen LogP contribution >= 0.6 is 0 Å². The Labute approximate surface area is 169 Å². The van der Waals surface area contributed by atoms with E-state index < -0.39 is 16.1 Å². The molecule has 150 valence electrons. The lowest BCUT2D eigenvalue weighted by atomic mass is 9.95. The normalized spacial score (nSPS) is 14.0. The van der Waals surface area contributed by atoms with Gasteiger partial charge >= 0.3 is 0 Å². The zero-order chi connectivity index (χ0) is 20.6. The van der Waals surface area contributed by atoms with Crippen LogP contribution in [0.1, 0.15) is 28.3 Å². The van der Waals surface area contributed by atoms with Gasteiger partial charge < -0.3 is 14.6 Å². The molecule has 0 fully saturated rings. The molecule has 1 aliphatic rings. The molecule has 4 rings (SSSR count). The minimum atomic E-state index is -3.85. The number of ether oxygens (including phenoxy) is 2. The molecule has 0 saturated carbocycles. The van der Waals surface area contributed by atoms with E-state index in [0.717, 1.165) is 16.7 Å². The number of phenols is 1. The van der Waals surface area contributed by atoms with E-state index in [0.29, 0.717) is 17.1 Å². The van der Waals surface area contributed by atoms with E-state index >= 15 is 0 Å². The molecule has 3 aromatic carbocycles. The van der Waals surface area contributed by atoms with Crippen molar-refractivity contribution < 1.29 is 23.0 Å². The maximum atomic E-state index is 13.1. The van der Waals surface area contributed by atoms with Crippen molar-refractivity contribution in [2.75, 3.05) is 6.79 Å². The van der Waals surface area contributed by atoms with E-state index in [1.54, 1.807) is 30.3 Å². The van der Waals surface area contributed by atoms with Gasteiger partial charge in [0, 0.05) is 11.6 Å². The molecule has 0 saturated heterocycles. The van der Waals surface area contributed by atoms with Crippen LogP contribution in [-0.4, -0.2) is 20.3 Å². The molecule has 0 amide bonds. The van der Waals surface area contributed by atoms with Crippen LogP contribution in [-0.2, 0) is 10.0 Å². The lowest BCUT2D eigenvalue weighted by Crippen LogP contribution is -2.30. The van der Waals surface area contributed by atoms with Crippen molar-refractivity contribution in [2.45, 2.75) is 24.8 Å². The predicted molar refractivity (Wildman–Crippen MR) is 109 cm³/mol. The van der Waals surface area contributed by atoms with Crippen molar-refractivity contribution in [3.8, 4) is 17.2 Å². The molecule has 0 radical (unpaired) electrons. The highest BCUT2D eigenvalue weighted by Crippen LogP contribution is 2.42. The third kappa shape index (κ3) is 3.79. The van der Waals surface area contributed by atoms with Crippen molar-refractivity contribution in [3.63, 3.8) is 0 Å². The number of sulfonamides is 1. The van der Waals surface area contributed by atoms with Gasteiger partial charge in [0.2, 0.25) is 16.8 Å². The molecule has 7 heteroatoms. The molecule has 0 spiro atoms. The molecule has 6 nitrogen and oxygen atoms in total. The lowest BCUT2D eigenvalue weighted by Gasteiger charge is -2.23. The number of nitrogens with one attached hydrogen (secondary N) is 1. The molecule has 1 atom stereocenters. The Kier molecular flexibility index (Phi) is 4.94. The Morgan fingerprint density at radius 1 is 0.931 bits per heavy atom. The molecule has 3 aromatic rings.